The van der Waals surface area contributed by atoms with Crippen LogP contribution in [0.15, 0.2) is 29.3 Å². The van der Waals surface area contributed by atoms with Crippen molar-refractivity contribution in [3.05, 3.63) is 29.8 Å². The first-order valence-electron chi connectivity index (χ1n) is 8.99. The van der Waals surface area contributed by atoms with Crippen molar-refractivity contribution in [2.45, 2.75) is 33.4 Å². The van der Waals surface area contributed by atoms with Gasteiger partial charge in [0.2, 0.25) is 0 Å². The van der Waals surface area contributed by atoms with Gasteiger partial charge in [0, 0.05) is 32.8 Å². The number of aliphatic imine (C=N–C) groups is 1. The molecule has 0 aromatic heterocycles. The molecule has 25 heavy (non-hydrogen) atoms. The molecule has 0 amide bonds. The molecule has 0 fully saturated rings. The van der Waals surface area contributed by atoms with E-state index >= 15 is 0 Å². The second kappa shape index (κ2) is 12.6. The summed E-state index contributed by atoms with van der Waals surface area (Å²) in [7, 11) is 3.79. The number of hydrogen-bond acceptors (Lipinski definition) is 4. The Morgan fingerprint density at radius 3 is 2.68 bits per heavy atom. The van der Waals surface area contributed by atoms with Crippen LogP contribution in [0, 0.1) is 0 Å². The Balaban J connectivity index is 2.50. The van der Waals surface area contributed by atoms with E-state index < -0.39 is 0 Å². The number of rotatable bonds is 11. The summed E-state index contributed by atoms with van der Waals surface area (Å²) in [6.07, 6.45) is 0. The summed E-state index contributed by atoms with van der Waals surface area (Å²) in [6.45, 7) is 10.9. The summed E-state index contributed by atoms with van der Waals surface area (Å²) in [6, 6.07) is 8.47. The largest absolute Gasteiger partial charge is 0.492 e. The van der Waals surface area contributed by atoms with Gasteiger partial charge >= 0.3 is 0 Å². The predicted octanol–water partition coefficient (Wildman–Crippen LogP) is 2.11. The Labute approximate surface area is 152 Å². The Morgan fingerprint density at radius 1 is 1.24 bits per heavy atom. The number of nitrogens with zero attached hydrogens (tertiary/aromatic N) is 2. The van der Waals surface area contributed by atoms with Crippen molar-refractivity contribution in [2.24, 2.45) is 4.99 Å². The van der Waals surface area contributed by atoms with Crippen LogP contribution in [0.3, 0.4) is 0 Å². The van der Waals surface area contributed by atoms with E-state index in [1.54, 1.807) is 7.11 Å². The van der Waals surface area contributed by atoms with Crippen molar-refractivity contribution in [1.29, 1.82) is 0 Å². The first-order valence-corrected chi connectivity index (χ1v) is 8.99. The van der Waals surface area contributed by atoms with Gasteiger partial charge < -0.3 is 25.0 Å². The van der Waals surface area contributed by atoms with Gasteiger partial charge in [-0.3, -0.25) is 0 Å². The third-order valence-corrected chi connectivity index (χ3v) is 3.51. The van der Waals surface area contributed by atoms with E-state index in [4.69, 9.17) is 9.47 Å². The van der Waals surface area contributed by atoms with Crippen LogP contribution in [0.2, 0.25) is 0 Å². The highest BCUT2D eigenvalue weighted by molar-refractivity contribution is 5.79. The maximum atomic E-state index is 5.85. The van der Waals surface area contributed by atoms with E-state index in [9.17, 15) is 0 Å². The predicted molar refractivity (Wildman–Crippen MR) is 104 cm³/mol. The first kappa shape index (κ1) is 21.3. The molecule has 142 valence electrons. The SMILES string of the molecule is CCNC(=NCc1cccc(OCCN(C)CCOC)c1)NC(C)C. The second-order valence-electron chi connectivity index (χ2n) is 6.29. The van der Waals surface area contributed by atoms with Gasteiger partial charge in [0.25, 0.3) is 0 Å². The van der Waals surface area contributed by atoms with Crippen molar-refractivity contribution in [1.82, 2.24) is 15.5 Å². The van der Waals surface area contributed by atoms with Crippen molar-refractivity contribution in [3.63, 3.8) is 0 Å². The lowest BCUT2D eigenvalue weighted by Crippen LogP contribution is -2.40. The quantitative estimate of drug-likeness (QED) is 0.473. The van der Waals surface area contributed by atoms with Crippen LogP contribution in [0.5, 0.6) is 5.75 Å². The Morgan fingerprint density at radius 2 is 2.00 bits per heavy atom. The van der Waals surface area contributed by atoms with Crippen LogP contribution in [-0.4, -0.2) is 63.9 Å². The molecule has 1 aromatic carbocycles. The summed E-state index contributed by atoms with van der Waals surface area (Å²) in [5, 5.41) is 6.58. The molecule has 1 rings (SSSR count). The minimum Gasteiger partial charge on any atom is -0.492 e. The fourth-order valence-electron chi connectivity index (χ4n) is 2.18. The van der Waals surface area contributed by atoms with Gasteiger partial charge in [-0.15, -0.1) is 0 Å². The molecule has 0 bridgehead atoms. The molecule has 0 aliphatic heterocycles. The summed E-state index contributed by atoms with van der Waals surface area (Å²) in [5.41, 5.74) is 1.13. The Bertz CT molecular complexity index is 506. The van der Waals surface area contributed by atoms with Gasteiger partial charge in [0.1, 0.15) is 12.4 Å². The number of nitrogens with one attached hydrogen (secondary N) is 2. The van der Waals surface area contributed by atoms with Crippen LogP contribution in [0.25, 0.3) is 0 Å². The molecule has 0 saturated carbocycles. The van der Waals surface area contributed by atoms with Gasteiger partial charge in [-0.2, -0.15) is 0 Å². The smallest absolute Gasteiger partial charge is 0.191 e. The molecule has 6 heteroatoms. The molecular weight excluding hydrogens is 316 g/mol. The van der Waals surface area contributed by atoms with E-state index in [0.717, 1.165) is 43.5 Å². The number of likely N-dealkylation sites (N-methyl/N-ethyl adjacent to an activating group) is 1. The molecule has 2 N–H and O–H groups in total. The number of benzene rings is 1. The van der Waals surface area contributed by atoms with E-state index in [1.165, 1.54) is 0 Å². The molecule has 0 heterocycles. The van der Waals surface area contributed by atoms with Crippen LogP contribution < -0.4 is 15.4 Å². The van der Waals surface area contributed by atoms with Crippen molar-refractivity contribution < 1.29 is 9.47 Å². The van der Waals surface area contributed by atoms with Crippen LogP contribution >= 0.6 is 0 Å². The molecule has 6 nitrogen and oxygen atoms in total. The topological polar surface area (TPSA) is 58.1 Å². The zero-order chi connectivity index (χ0) is 18.5. The van der Waals surface area contributed by atoms with Gasteiger partial charge in [0.15, 0.2) is 5.96 Å². The highest BCUT2D eigenvalue weighted by Crippen LogP contribution is 2.14. The van der Waals surface area contributed by atoms with E-state index in [-0.39, 0.29) is 0 Å². The molecule has 0 aliphatic rings. The Kier molecular flexibility index (Phi) is 10.7. The number of guanidine groups is 1. The second-order valence-corrected chi connectivity index (χ2v) is 6.29. The molecule has 0 saturated heterocycles. The van der Waals surface area contributed by atoms with Gasteiger partial charge in [-0.1, -0.05) is 12.1 Å². The average Bonchev–Trinajstić information content (AvgIpc) is 2.58. The minimum absolute atomic E-state index is 0.350. The van der Waals surface area contributed by atoms with Crippen molar-refractivity contribution >= 4 is 5.96 Å². The lowest BCUT2D eigenvalue weighted by Gasteiger charge is -2.16. The highest BCUT2D eigenvalue weighted by atomic mass is 16.5. The zero-order valence-corrected chi connectivity index (χ0v) is 16.3. The minimum atomic E-state index is 0.350. The standard InChI is InChI=1S/C19H34N4O2/c1-6-20-19(22-16(2)3)21-15-17-8-7-9-18(14-17)25-13-11-23(4)10-12-24-5/h7-9,14,16H,6,10-13,15H2,1-5H3,(H2,20,21,22). The summed E-state index contributed by atoms with van der Waals surface area (Å²) >= 11 is 0. The number of ether oxygens (including phenoxy) is 2. The maximum Gasteiger partial charge on any atom is 0.191 e. The number of hydrogen-bond donors (Lipinski definition) is 2. The molecule has 0 radical (unpaired) electrons. The number of methoxy groups -OCH3 is 1. The molecule has 0 atom stereocenters. The fourth-order valence-corrected chi connectivity index (χ4v) is 2.18. The van der Waals surface area contributed by atoms with Crippen LogP contribution in [0.4, 0.5) is 0 Å². The monoisotopic (exact) mass is 350 g/mol. The van der Waals surface area contributed by atoms with E-state index in [0.29, 0.717) is 19.2 Å². The zero-order valence-electron chi connectivity index (χ0n) is 16.3. The van der Waals surface area contributed by atoms with Crippen LogP contribution in [-0.2, 0) is 11.3 Å². The molecule has 0 spiro atoms. The van der Waals surface area contributed by atoms with E-state index in [2.05, 4.69) is 60.5 Å². The molecule has 0 unspecified atom stereocenters. The maximum absolute atomic E-state index is 5.85. The average molecular weight is 351 g/mol. The summed E-state index contributed by atoms with van der Waals surface area (Å²) in [5.74, 6) is 1.72. The normalized spacial score (nSPS) is 11.9. The lowest BCUT2D eigenvalue weighted by molar-refractivity contribution is 0.150. The third kappa shape index (κ3) is 9.94. The summed E-state index contributed by atoms with van der Waals surface area (Å²) < 4.78 is 10.9. The van der Waals surface area contributed by atoms with Crippen molar-refractivity contribution in [3.8, 4) is 5.75 Å². The van der Waals surface area contributed by atoms with E-state index in [1.807, 2.05) is 12.1 Å². The highest BCUT2D eigenvalue weighted by Gasteiger charge is 2.02. The lowest BCUT2D eigenvalue weighted by atomic mass is 10.2. The van der Waals surface area contributed by atoms with Crippen molar-refractivity contribution in [2.75, 3.05) is 47.0 Å². The molecule has 1 aromatic rings. The van der Waals surface area contributed by atoms with Crippen LogP contribution in [0.1, 0.15) is 26.3 Å². The Hall–Kier alpha value is -1.79. The molecule has 0 aliphatic carbocycles. The third-order valence-electron chi connectivity index (χ3n) is 3.51. The fraction of sp³-hybridized carbons (Fsp3) is 0.632. The van der Waals surface area contributed by atoms with Gasteiger partial charge in [-0.25, -0.2) is 4.99 Å². The first-order chi connectivity index (χ1) is 12.0. The molecular formula is C19H34N4O2. The van der Waals surface area contributed by atoms with Gasteiger partial charge in [0.05, 0.1) is 13.2 Å². The van der Waals surface area contributed by atoms with Gasteiger partial charge in [-0.05, 0) is 45.5 Å². The summed E-state index contributed by atoms with van der Waals surface area (Å²) in [4.78, 5) is 6.82.